The molecule has 3 amide bonds. The number of rotatable bonds is 10. The lowest BCUT2D eigenvalue weighted by atomic mass is 10.2. The van der Waals surface area contributed by atoms with E-state index < -0.39 is 11.7 Å². The third-order valence-corrected chi connectivity index (χ3v) is 4.31. The molecule has 0 atom stereocenters. The summed E-state index contributed by atoms with van der Waals surface area (Å²) in [4.78, 5) is 35.7. The number of benzene rings is 2. The zero-order chi connectivity index (χ0) is 24.3. The predicted octanol–water partition coefficient (Wildman–Crippen LogP) is 4.65. The fraction of sp³-hybridized carbons (Fsp3) is 0.400. The van der Waals surface area contributed by atoms with E-state index in [4.69, 9.17) is 9.47 Å². The number of alkyl carbamates (subject to hydrolysis) is 1. The number of aryl methyl sites for hydroxylation is 1. The van der Waals surface area contributed by atoms with E-state index in [0.717, 1.165) is 5.75 Å². The van der Waals surface area contributed by atoms with Crippen molar-refractivity contribution in [2.45, 2.75) is 52.6 Å². The second-order valence-electron chi connectivity index (χ2n) is 8.62. The first-order chi connectivity index (χ1) is 15.6. The monoisotopic (exact) mass is 455 g/mol. The summed E-state index contributed by atoms with van der Waals surface area (Å²) in [5, 5.41) is 8.11. The van der Waals surface area contributed by atoms with Crippen LogP contribution in [0.3, 0.4) is 0 Å². The number of ether oxygens (including phenoxy) is 2. The van der Waals surface area contributed by atoms with E-state index in [2.05, 4.69) is 16.0 Å². The standard InChI is InChI=1S/C25H33N3O5/c1-18-7-13-21(14-8-18)32-17-5-6-22(29)27-19-9-11-20(12-10-19)28-23(30)15-16-26-24(31)33-25(2,3)4/h7-14H,5-6,15-17H2,1-4H3,(H,26,31)(H,27,29)(H,28,30). The minimum atomic E-state index is -0.585. The fourth-order valence-corrected chi connectivity index (χ4v) is 2.73. The molecule has 0 aromatic heterocycles. The van der Waals surface area contributed by atoms with Crippen LogP contribution < -0.4 is 20.7 Å². The number of anilines is 2. The van der Waals surface area contributed by atoms with E-state index in [0.29, 0.717) is 30.8 Å². The van der Waals surface area contributed by atoms with E-state index in [1.807, 2.05) is 31.2 Å². The van der Waals surface area contributed by atoms with E-state index in [-0.39, 0.29) is 24.8 Å². The predicted molar refractivity (Wildman–Crippen MR) is 128 cm³/mol. The van der Waals surface area contributed by atoms with Crippen LogP contribution in [-0.2, 0) is 14.3 Å². The highest BCUT2D eigenvalue weighted by Crippen LogP contribution is 2.15. The van der Waals surface area contributed by atoms with Gasteiger partial charge in [0.1, 0.15) is 11.4 Å². The molecule has 0 aliphatic carbocycles. The summed E-state index contributed by atoms with van der Waals surface area (Å²) in [5.74, 6) is 0.447. The molecule has 0 aliphatic rings. The van der Waals surface area contributed by atoms with Gasteiger partial charge in [-0.15, -0.1) is 0 Å². The SMILES string of the molecule is Cc1ccc(OCCCC(=O)Nc2ccc(NC(=O)CCNC(=O)OC(C)(C)C)cc2)cc1. The van der Waals surface area contributed by atoms with Gasteiger partial charge in [-0.2, -0.15) is 0 Å². The Labute approximate surface area is 195 Å². The molecule has 8 heteroatoms. The quantitative estimate of drug-likeness (QED) is 0.453. The largest absolute Gasteiger partial charge is 0.494 e. The molecule has 0 saturated carbocycles. The van der Waals surface area contributed by atoms with Gasteiger partial charge in [-0.05, 0) is 70.5 Å². The van der Waals surface area contributed by atoms with Crippen LogP contribution in [-0.4, -0.2) is 36.7 Å². The van der Waals surface area contributed by atoms with E-state index in [1.165, 1.54) is 5.56 Å². The zero-order valence-corrected chi connectivity index (χ0v) is 19.7. The zero-order valence-electron chi connectivity index (χ0n) is 19.7. The molecule has 2 rings (SSSR count). The van der Waals surface area contributed by atoms with Gasteiger partial charge in [-0.25, -0.2) is 4.79 Å². The fourth-order valence-electron chi connectivity index (χ4n) is 2.73. The first kappa shape index (κ1) is 25.7. The molecule has 178 valence electrons. The first-order valence-corrected chi connectivity index (χ1v) is 11.0. The van der Waals surface area contributed by atoms with Crippen molar-refractivity contribution in [3.8, 4) is 5.75 Å². The molecule has 33 heavy (non-hydrogen) atoms. The molecule has 0 unspecified atom stereocenters. The molecule has 0 saturated heterocycles. The molecule has 0 bridgehead atoms. The lowest BCUT2D eigenvalue weighted by molar-refractivity contribution is -0.117. The summed E-state index contributed by atoms with van der Waals surface area (Å²) in [6.45, 7) is 7.96. The number of carbonyl (C=O) groups is 3. The first-order valence-electron chi connectivity index (χ1n) is 11.0. The Morgan fingerprint density at radius 2 is 1.36 bits per heavy atom. The van der Waals surface area contributed by atoms with E-state index in [9.17, 15) is 14.4 Å². The maximum Gasteiger partial charge on any atom is 0.407 e. The van der Waals surface area contributed by atoms with Crippen LogP contribution in [0.5, 0.6) is 5.75 Å². The highest BCUT2D eigenvalue weighted by molar-refractivity contribution is 5.93. The average molecular weight is 456 g/mol. The van der Waals surface area contributed by atoms with E-state index in [1.54, 1.807) is 45.0 Å². The topological polar surface area (TPSA) is 106 Å². The van der Waals surface area contributed by atoms with Gasteiger partial charge >= 0.3 is 6.09 Å². The van der Waals surface area contributed by atoms with Crippen LogP contribution in [0, 0.1) is 6.92 Å². The molecule has 0 aliphatic heterocycles. The molecule has 8 nitrogen and oxygen atoms in total. The van der Waals surface area contributed by atoms with Crippen molar-refractivity contribution in [1.29, 1.82) is 0 Å². The maximum absolute atomic E-state index is 12.1. The van der Waals surface area contributed by atoms with Crippen molar-refractivity contribution >= 4 is 29.3 Å². The molecule has 2 aromatic rings. The number of nitrogens with one attached hydrogen (secondary N) is 3. The van der Waals surface area contributed by atoms with Crippen LogP contribution >= 0.6 is 0 Å². The van der Waals surface area contributed by atoms with Gasteiger partial charge in [0.15, 0.2) is 0 Å². The number of hydrogen-bond donors (Lipinski definition) is 3. The Morgan fingerprint density at radius 3 is 1.91 bits per heavy atom. The molecule has 0 heterocycles. The minimum absolute atomic E-state index is 0.104. The van der Waals surface area contributed by atoms with Gasteiger partial charge in [-0.1, -0.05) is 17.7 Å². The van der Waals surface area contributed by atoms with Crippen LogP contribution in [0.25, 0.3) is 0 Å². The lowest BCUT2D eigenvalue weighted by Crippen LogP contribution is -2.34. The van der Waals surface area contributed by atoms with Gasteiger partial charge in [0.2, 0.25) is 11.8 Å². The summed E-state index contributed by atoms with van der Waals surface area (Å²) in [7, 11) is 0. The maximum atomic E-state index is 12.1. The van der Waals surface area contributed by atoms with Crippen molar-refractivity contribution in [1.82, 2.24) is 5.32 Å². The Hall–Kier alpha value is -3.55. The highest BCUT2D eigenvalue weighted by atomic mass is 16.6. The average Bonchev–Trinajstić information content (AvgIpc) is 2.72. The van der Waals surface area contributed by atoms with Crippen LogP contribution in [0.4, 0.5) is 16.2 Å². The van der Waals surface area contributed by atoms with Crippen LogP contribution in [0.1, 0.15) is 45.6 Å². The summed E-state index contributed by atoms with van der Waals surface area (Å²) in [6.07, 6.45) is 0.500. The normalized spacial score (nSPS) is 10.8. The number of carbonyl (C=O) groups excluding carboxylic acids is 3. The minimum Gasteiger partial charge on any atom is -0.494 e. The Morgan fingerprint density at radius 1 is 0.818 bits per heavy atom. The van der Waals surface area contributed by atoms with Crippen LogP contribution in [0.2, 0.25) is 0 Å². The number of amides is 3. The van der Waals surface area contributed by atoms with Gasteiger partial charge in [0.25, 0.3) is 0 Å². The van der Waals surface area contributed by atoms with Crippen molar-refractivity contribution in [3.05, 3.63) is 54.1 Å². The molecule has 3 N–H and O–H groups in total. The number of hydrogen-bond acceptors (Lipinski definition) is 5. The smallest absolute Gasteiger partial charge is 0.407 e. The molecule has 2 aromatic carbocycles. The van der Waals surface area contributed by atoms with Gasteiger partial charge < -0.3 is 25.4 Å². The van der Waals surface area contributed by atoms with Gasteiger partial charge in [-0.3, -0.25) is 9.59 Å². The Balaban J connectivity index is 1.64. The third-order valence-electron chi connectivity index (χ3n) is 4.31. The van der Waals surface area contributed by atoms with Crippen molar-refractivity contribution < 1.29 is 23.9 Å². The summed E-state index contributed by atoms with van der Waals surface area (Å²) in [6, 6.07) is 14.6. The Kier molecular flexibility index (Phi) is 9.72. The molecular weight excluding hydrogens is 422 g/mol. The highest BCUT2D eigenvalue weighted by Gasteiger charge is 2.15. The summed E-state index contributed by atoms with van der Waals surface area (Å²) >= 11 is 0. The molecule has 0 fully saturated rings. The molecular formula is C25H33N3O5. The van der Waals surface area contributed by atoms with E-state index >= 15 is 0 Å². The van der Waals surface area contributed by atoms with Crippen LogP contribution in [0.15, 0.2) is 48.5 Å². The molecule has 0 spiro atoms. The third kappa shape index (κ3) is 11.0. The summed E-state index contributed by atoms with van der Waals surface area (Å²) in [5.41, 5.74) is 1.83. The summed E-state index contributed by atoms with van der Waals surface area (Å²) < 4.78 is 10.7. The lowest BCUT2D eigenvalue weighted by Gasteiger charge is -2.19. The van der Waals surface area contributed by atoms with Crippen molar-refractivity contribution in [3.63, 3.8) is 0 Å². The van der Waals surface area contributed by atoms with Gasteiger partial charge in [0.05, 0.1) is 6.61 Å². The van der Waals surface area contributed by atoms with Crippen molar-refractivity contribution in [2.24, 2.45) is 0 Å². The second kappa shape index (κ2) is 12.5. The second-order valence-corrected chi connectivity index (χ2v) is 8.62. The van der Waals surface area contributed by atoms with Gasteiger partial charge in [0, 0.05) is 30.8 Å². The Bertz CT molecular complexity index is 919. The molecule has 0 radical (unpaired) electrons. The van der Waals surface area contributed by atoms with Crippen molar-refractivity contribution in [2.75, 3.05) is 23.8 Å².